The van der Waals surface area contributed by atoms with Crippen LogP contribution in [0.3, 0.4) is 0 Å². The van der Waals surface area contributed by atoms with Gasteiger partial charge in [-0.25, -0.2) is 23.4 Å². The Morgan fingerprint density at radius 3 is 2.53 bits per heavy atom. The van der Waals surface area contributed by atoms with Crippen LogP contribution in [0.5, 0.6) is 0 Å². The Morgan fingerprint density at radius 1 is 1.00 bits per heavy atom. The van der Waals surface area contributed by atoms with E-state index in [9.17, 15) is 13.2 Å². The monoisotopic (exact) mass is 466 g/mol. The van der Waals surface area contributed by atoms with E-state index in [-0.39, 0.29) is 15.5 Å². The van der Waals surface area contributed by atoms with Crippen LogP contribution in [0.1, 0.15) is 21.6 Å². The number of hydrogen-bond donors (Lipinski definition) is 1. The molecule has 9 nitrogen and oxygen atoms in total. The molecular formula is C21H15ClN6O3S. The van der Waals surface area contributed by atoms with Gasteiger partial charge in [-0.2, -0.15) is 0 Å². The molecule has 0 aliphatic rings. The van der Waals surface area contributed by atoms with Crippen LogP contribution in [0.25, 0.3) is 11.4 Å². The molecule has 0 bridgehead atoms. The van der Waals surface area contributed by atoms with Gasteiger partial charge in [-0.1, -0.05) is 23.7 Å². The summed E-state index contributed by atoms with van der Waals surface area (Å²) in [6.45, 7) is 0. The van der Waals surface area contributed by atoms with E-state index in [1.165, 1.54) is 23.0 Å². The van der Waals surface area contributed by atoms with Crippen LogP contribution in [0.15, 0.2) is 77.3 Å². The number of halogens is 1. The summed E-state index contributed by atoms with van der Waals surface area (Å²) in [4.78, 5) is 24.1. The molecule has 4 heterocycles. The van der Waals surface area contributed by atoms with Crippen molar-refractivity contribution in [3.63, 3.8) is 0 Å². The van der Waals surface area contributed by atoms with Crippen LogP contribution in [0, 0.1) is 0 Å². The third-order valence-electron chi connectivity index (χ3n) is 4.97. The number of aromatic nitrogens is 5. The van der Waals surface area contributed by atoms with Crippen molar-refractivity contribution in [1.29, 1.82) is 0 Å². The first-order valence-corrected chi connectivity index (χ1v) is 11.3. The first-order chi connectivity index (χ1) is 15.3. The number of rotatable bonds is 5. The third-order valence-corrected chi connectivity index (χ3v) is 6.94. The SMILES string of the molecule is NC(=O)c1cnc2nc(Cc3ccc(S(=O)(=O)c4cnc5ccc(Cl)cn45)cc3)cn2c1. The zero-order valence-corrected chi connectivity index (χ0v) is 18.0. The Morgan fingerprint density at radius 2 is 1.78 bits per heavy atom. The van der Waals surface area contributed by atoms with Gasteiger partial charge in [0.2, 0.25) is 15.6 Å². The maximum atomic E-state index is 13.1. The summed E-state index contributed by atoms with van der Waals surface area (Å²) in [5, 5.41) is 0.451. The minimum absolute atomic E-state index is 0.0411. The first-order valence-electron chi connectivity index (χ1n) is 9.41. The molecule has 0 radical (unpaired) electrons. The molecule has 0 aliphatic carbocycles. The fraction of sp³-hybridized carbons (Fsp3) is 0.0476. The van der Waals surface area contributed by atoms with Crippen molar-refractivity contribution in [2.24, 2.45) is 5.73 Å². The van der Waals surface area contributed by atoms with Crippen molar-refractivity contribution >= 4 is 38.8 Å². The second-order valence-electron chi connectivity index (χ2n) is 7.14. The zero-order valence-electron chi connectivity index (χ0n) is 16.4. The Balaban J connectivity index is 1.43. The average Bonchev–Trinajstić information content (AvgIpc) is 3.36. The van der Waals surface area contributed by atoms with E-state index in [1.807, 2.05) is 0 Å². The molecule has 2 N–H and O–H groups in total. The molecular weight excluding hydrogens is 452 g/mol. The van der Waals surface area contributed by atoms with Gasteiger partial charge in [0.15, 0.2) is 5.03 Å². The third kappa shape index (κ3) is 3.49. The van der Waals surface area contributed by atoms with Crippen molar-refractivity contribution < 1.29 is 13.2 Å². The zero-order chi connectivity index (χ0) is 22.5. The number of amides is 1. The van der Waals surface area contributed by atoms with Gasteiger partial charge in [-0.3, -0.25) is 13.6 Å². The van der Waals surface area contributed by atoms with Crippen molar-refractivity contribution in [3.05, 3.63) is 89.2 Å². The molecule has 11 heteroatoms. The predicted molar refractivity (Wildman–Crippen MR) is 116 cm³/mol. The molecule has 1 amide bonds. The van der Waals surface area contributed by atoms with Gasteiger partial charge in [-0.05, 0) is 29.8 Å². The van der Waals surface area contributed by atoms with Crippen molar-refractivity contribution in [2.75, 3.05) is 0 Å². The second-order valence-corrected chi connectivity index (χ2v) is 9.48. The lowest BCUT2D eigenvalue weighted by Gasteiger charge is -2.06. The van der Waals surface area contributed by atoms with Crippen molar-refractivity contribution in [2.45, 2.75) is 16.3 Å². The number of carbonyl (C=O) groups excluding carboxylic acids is 1. The maximum absolute atomic E-state index is 13.1. The van der Waals surface area contributed by atoms with Crippen LogP contribution in [-0.2, 0) is 16.3 Å². The summed E-state index contributed by atoms with van der Waals surface area (Å²) in [6, 6.07) is 9.87. The minimum Gasteiger partial charge on any atom is -0.366 e. The molecule has 1 aromatic carbocycles. The molecule has 32 heavy (non-hydrogen) atoms. The number of nitrogens with two attached hydrogens (primary N) is 1. The predicted octanol–water partition coefficient (Wildman–Crippen LogP) is 2.55. The van der Waals surface area contributed by atoms with E-state index in [4.69, 9.17) is 17.3 Å². The number of nitrogens with zero attached hydrogens (tertiary/aromatic N) is 5. The summed E-state index contributed by atoms with van der Waals surface area (Å²) < 4.78 is 29.3. The van der Waals surface area contributed by atoms with Crippen LogP contribution >= 0.6 is 11.6 Å². The van der Waals surface area contributed by atoms with E-state index < -0.39 is 15.7 Å². The van der Waals surface area contributed by atoms with Crippen molar-refractivity contribution in [3.8, 4) is 0 Å². The molecule has 0 atom stereocenters. The number of primary amides is 1. The van der Waals surface area contributed by atoms with E-state index >= 15 is 0 Å². The number of benzene rings is 1. The smallest absolute Gasteiger partial charge is 0.251 e. The topological polar surface area (TPSA) is 125 Å². The highest BCUT2D eigenvalue weighted by Crippen LogP contribution is 2.24. The number of pyridine rings is 1. The number of imidazole rings is 2. The van der Waals surface area contributed by atoms with Crippen LogP contribution in [0.4, 0.5) is 0 Å². The van der Waals surface area contributed by atoms with Gasteiger partial charge in [0.25, 0.3) is 5.91 Å². The Bertz CT molecular complexity index is 1610. The van der Waals surface area contributed by atoms with Gasteiger partial charge >= 0.3 is 0 Å². The molecule has 4 aromatic heterocycles. The summed E-state index contributed by atoms with van der Waals surface area (Å²) in [5.41, 5.74) is 7.63. The molecule has 0 aliphatic heterocycles. The van der Waals surface area contributed by atoms with E-state index in [0.717, 1.165) is 5.56 Å². The number of sulfone groups is 1. The van der Waals surface area contributed by atoms with E-state index in [2.05, 4.69) is 15.0 Å². The lowest BCUT2D eigenvalue weighted by atomic mass is 10.1. The van der Waals surface area contributed by atoms with Crippen LogP contribution in [-0.4, -0.2) is 38.1 Å². The van der Waals surface area contributed by atoms with E-state index in [1.54, 1.807) is 53.2 Å². The normalized spacial score (nSPS) is 11.9. The Labute approximate surface area is 187 Å². The van der Waals surface area contributed by atoms with Crippen LogP contribution in [0.2, 0.25) is 5.02 Å². The van der Waals surface area contributed by atoms with Gasteiger partial charge in [0.1, 0.15) is 5.65 Å². The maximum Gasteiger partial charge on any atom is 0.251 e. The molecule has 0 unspecified atom stereocenters. The molecule has 0 fully saturated rings. The molecule has 160 valence electrons. The number of fused-ring (bicyclic) bond motifs is 2. The van der Waals surface area contributed by atoms with Crippen molar-refractivity contribution in [1.82, 2.24) is 23.8 Å². The lowest BCUT2D eigenvalue weighted by Crippen LogP contribution is -2.12. The van der Waals surface area contributed by atoms with E-state index in [0.29, 0.717) is 28.6 Å². The molecule has 5 aromatic rings. The van der Waals surface area contributed by atoms with Gasteiger partial charge in [0, 0.05) is 31.2 Å². The van der Waals surface area contributed by atoms with Crippen LogP contribution < -0.4 is 5.73 Å². The van der Waals surface area contributed by atoms with Gasteiger partial charge < -0.3 is 5.73 Å². The Kier molecular flexibility index (Phi) is 4.68. The van der Waals surface area contributed by atoms with Gasteiger partial charge in [-0.15, -0.1) is 0 Å². The quantitative estimate of drug-likeness (QED) is 0.424. The fourth-order valence-electron chi connectivity index (χ4n) is 3.39. The highest BCUT2D eigenvalue weighted by Gasteiger charge is 2.22. The molecule has 0 saturated heterocycles. The summed E-state index contributed by atoms with van der Waals surface area (Å²) in [6.07, 6.45) is 7.99. The molecule has 5 rings (SSSR count). The highest BCUT2D eigenvalue weighted by molar-refractivity contribution is 7.91. The molecule has 0 saturated carbocycles. The highest BCUT2D eigenvalue weighted by atomic mass is 35.5. The second kappa shape index (κ2) is 7.43. The summed E-state index contributed by atoms with van der Waals surface area (Å²) in [5.74, 6) is -0.129. The molecule has 0 spiro atoms. The lowest BCUT2D eigenvalue weighted by molar-refractivity contribution is 0.0999. The number of carbonyl (C=O) groups is 1. The average molecular weight is 467 g/mol. The van der Waals surface area contributed by atoms with Gasteiger partial charge in [0.05, 0.1) is 27.4 Å². The first kappa shape index (κ1) is 20.2. The minimum atomic E-state index is -3.79. The Hall–Kier alpha value is -3.76. The number of hydrogen-bond acceptors (Lipinski definition) is 6. The standard InChI is InChI=1S/C21H15ClN6O3S/c22-15-3-6-18-24-9-19(28(18)11-15)32(30,31)17-4-1-13(2-5-17)7-16-12-27-10-14(20(23)29)8-25-21(27)26-16/h1-6,8-12H,7H2,(H2,23,29). The summed E-state index contributed by atoms with van der Waals surface area (Å²) in [7, 11) is -3.79. The largest absolute Gasteiger partial charge is 0.366 e. The fourth-order valence-corrected chi connectivity index (χ4v) is 4.89. The summed E-state index contributed by atoms with van der Waals surface area (Å²) >= 11 is 6.02.